The smallest absolute Gasteiger partial charge is 0.294 e. The minimum atomic E-state index is -4.60. The summed E-state index contributed by atoms with van der Waals surface area (Å²) in [4.78, 5) is -0.864. The Morgan fingerprint density at radius 1 is 1.21 bits per heavy atom. The largest absolute Gasteiger partial charge is 0.394 e. The standard InChI is InChI=1S/C6H5F2NO3S.ClH/c7-4-1-3(13(10,11)12)2-5(8)6(4)9;/h1-2H,9H2,(H,10,11,12);1H. The van der Waals surface area contributed by atoms with Gasteiger partial charge in [0.15, 0.2) is 0 Å². The second-order valence-electron chi connectivity index (χ2n) is 2.28. The van der Waals surface area contributed by atoms with Crippen LogP contribution >= 0.6 is 12.4 Å². The third-order valence-electron chi connectivity index (χ3n) is 1.35. The third kappa shape index (κ3) is 2.53. The number of benzene rings is 1. The van der Waals surface area contributed by atoms with Crippen molar-refractivity contribution in [2.45, 2.75) is 4.90 Å². The molecule has 1 rings (SSSR count). The molecule has 0 amide bonds. The van der Waals surface area contributed by atoms with Crippen molar-refractivity contribution >= 4 is 28.2 Å². The third-order valence-corrected chi connectivity index (χ3v) is 2.18. The summed E-state index contributed by atoms with van der Waals surface area (Å²) in [5, 5.41) is 0. The van der Waals surface area contributed by atoms with Crippen molar-refractivity contribution in [1.29, 1.82) is 0 Å². The second kappa shape index (κ2) is 4.07. The minimum Gasteiger partial charge on any atom is -0.394 e. The van der Waals surface area contributed by atoms with E-state index in [0.717, 1.165) is 0 Å². The van der Waals surface area contributed by atoms with E-state index < -0.39 is 32.3 Å². The van der Waals surface area contributed by atoms with Gasteiger partial charge in [0.1, 0.15) is 17.3 Å². The highest BCUT2D eigenvalue weighted by atomic mass is 35.5. The molecule has 0 saturated carbocycles. The minimum absolute atomic E-state index is 0. The molecule has 0 aliphatic rings. The Morgan fingerprint density at radius 3 is 1.86 bits per heavy atom. The summed E-state index contributed by atoms with van der Waals surface area (Å²) in [5.41, 5.74) is 4.08. The fourth-order valence-corrected chi connectivity index (χ4v) is 1.21. The predicted octanol–water partition coefficient (Wildman–Crippen LogP) is 1.22. The van der Waals surface area contributed by atoms with Crippen LogP contribution in [0, 0.1) is 11.6 Å². The van der Waals surface area contributed by atoms with Gasteiger partial charge in [0.05, 0.1) is 4.90 Å². The van der Waals surface area contributed by atoms with E-state index in [4.69, 9.17) is 10.3 Å². The van der Waals surface area contributed by atoms with Gasteiger partial charge in [0, 0.05) is 0 Å². The van der Waals surface area contributed by atoms with E-state index in [-0.39, 0.29) is 12.4 Å². The van der Waals surface area contributed by atoms with Crippen LogP contribution in [-0.4, -0.2) is 13.0 Å². The van der Waals surface area contributed by atoms with Gasteiger partial charge in [-0.15, -0.1) is 12.4 Å². The van der Waals surface area contributed by atoms with E-state index in [1.165, 1.54) is 0 Å². The lowest BCUT2D eigenvalue weighted by molar-refractivity contribution is 0.480. The summed E-state index contributed by atoms with van der Waals surface area (Å²) in [6, 6.07) is 0.876. The van der Waals surface area contributed by atoms with Gasteiger partial charge >= 0.3 is 0 Å². The second-order valence-corrected chi connectivity index (χ2v) is 3.70. The van der Waals surface area contributed by atoms with Crippen molar-refractivity contribution in [3.8, 4) is 0 Å². The fraction of sp³-hybridized carbons (Fsp3) is 0. The van der Waals surface area contributed by atoms with E-state index >= 15 is 0 Å². The molecule has 0 radical (unpaired) electrons. The first-order chi connectivity index (χ1) is 5.82. The molecule has 0 heterocycles. The monoisotopic (exact) mass is 245 g/mol. The van der Waals surface area contributed by atoms with Crippen LogP contribution in [0.3, 0.4) is 0 Å². The van der Waals surface area contributed by atoms with Gasteiger partial charge in [0.25, 0.3) is 10.1 Å². The van der Waals surface area contributed by atoms with Gasteiger partial charge in [-0.1, -0.05) is 0 Å². The Morgan fingerprint density at radius 2 is 1.57 bits per heavy atom. The Balaban J connectivity index is 0.00000169. The molecular weight excluding hydrogens is 240 g/mol. The molecule has 1 aromatic rings. The van der Waals surface area contributed by atoms with Gasteiger partial charge in [-0.3, -0.25) is 4.55 Å². The van der Waals surface area contributed by atoms with Crippen molar-refractivity contribution in [3.05, 3.63) is 23.8 Å². The Kier molecular flexibility index (Phi) is 3.81. The van der Waals surface area contributed by atoms with Crippen molar-refractivity contribution in [1.82, 2.24) is 0 Å². The first-order valence-corrected chi connectivity index (χ1v) is 4.48. The lowest BCUT2D eigenvalue weighted by atomic mass is 10.3. The van der Waals surface area contributed by atoms with E-state index in [0.29, 0.717) is 12.1 Å². The molecule has 8 heteroatoms. The van der Waals surface area contributed by atoms with Gasteiger partial charge < -0.3 is 5.73 Å². The summed E-state index contributed by atoms with van der Waals surface area (Å²) >= 11 is 0. The zero-order chi connectivity index (χ0) is 10.2. The van der Waals surface area contributed by atoms with Gasteiger partial charge in [-0.25, -0.2) is 8.78 Å². The molecule has 80 valence electrons. The van der Waals surface area contributed by atoms with E-state index in [1.807, 2.05) is 0 Å². The van der Waals surface area contributed by atoms with Gasteiger partial charge in [-0.05, 0) is 12.1 Å². The topological polar surface area (TPSA) is 80.4 Å². The quantitative estimate of drug-likeness (QED) is 0.576. The van der Waals surface area contributed by atoms with Crippen LogP contribution < -0.4 is 5.73 Å². The molecule has 0 saturated heterocycles. The van der Waals surface area contributed by atoms with E-state index in [1.54, 1.807) is 0 Å². The van der Waals surface area contributed by atoms with Gasteiger partial charge in [-0.2, -0.15) is 8.42 Å². The maximum atomic E-state index is 12.6. The zero-order valence-electron chi connectivity index (χ0n) is 6.57. The van der Waals surface area contributed by atoms with E-state index in [9.17, 15) is 17.2 Å². The van der Waals surface area contributed by atoms with Crippen LogP contribution in [0.2, 0.25) is 0 Å². The summed E-state index contributed by atoms with van der Waals surface area (Å²) in [6.45, 7) is 0. The maximum Gasteiger partial charge on any atom is 0.294 e. The lowest BCUT2D eigenvalue weighted by Crippen LogP contribution is -2.03. The molecule has 0 aliphatic heterocycles. The predicted molar refractivity (Wildman–Crippen MR) is 47.8 cm³/mol. The number of nitrogen functional groups attached to an aromatic ring is 1. The average Bonchev–Trinajstić information content (AvgIpc) is 1.97. The van der Waals surface area contributed by atoms with Crippen LogP contribution in [0.5, 0.6) is 0 Å². The van der Waals surface area contributed by atoms with Crippen LogP contribution in [0.25, 0.3) is 0 Å². The average molecular weight is 246 g/mol. The Bertz CT molecular complexity index is 425. The molecular formula is C6H6ClF2NO3S. The molecule has 0 spiro atoms. The molecule has 0 unspecified atom stereocenters. The molecule has 0 fully saturated rings. The summed E-state index contributed by atoms with van der Waals surface area (Å²) < 4.78 is 54.5. The van der Waals surface area contributed by atoms with Gasteiger partial charge in [0.2, 0.25) is 0 Å². The first kappa shape index (κ1) is 13.1. The van der Waals surface area contributed by atoms with Crippen LogP contribution in [0.4, 0.5) is 14.5 Å². The highest BCUT2D eigenvalue weighted by molar-refractivity contribution is 7.85. The molecule has 0 bridgehead atoms. The number of rotatable bonds is 1. The highest BCUT2D eigenvalue weighted by Gasteiger charge is 2.15. The van der Waals surface area contributed by atoms with Crippen molar-refractivity contribution in [3.63, 3.8) is 0 Å². The fourth-order valence-electron chi connectivity index (χ4n) is 0.710. The van der Waals surface area contributed by atoms with E-state index in [2.05, 4.69) is 0 Å². The Labute approximate surface area is 84.9 Å². The van der Waals surface area contributed by atoms with Crippen LogP contribution in [-0.2, 0) is 10.1 Å². The lowest BCUT2D eigenvalue weighted by Gasteiger charge is -2.01. The molecule has 3 N–H and O–H groups in total. The summed E-state index contributed by atoms with van der Waals surface area (Å²) in [5.74, 6) is -2.46. The molecule has 0 aromatic heterocycles. The summed E-state index contributed by atoms with van der Waals surface area (Å²) in [7, 11) is -4.60. The van der Waals surface area contributed by atoms with Crippen molar-refractivity contribution < 1.29 is 21.8 Å². The van der Waals surface area contributed by atoms with Crippen LogP contribution in [0.15, 0.2) is 17.0 Å². The maximum absolute atomic E-state index is 12.6. The van der Waals surface area contributed by atoms with Crippen molar-refractivity contribution in [2.75, 3.05) is 5.73 Å². The SMILES string of the molecule is Cl.Nc1c(F)cc(S(=O)(=O)O)cc1F. The normalized spacial score (nSPS) is 10.8. The molecule has 0 aliphatic carbocycles. The number of halogens is 3. The molecule has 0 atom stereocenters. The molecule has 1 aromatic carbocycles. The summed E-state index contributed by atoms with van der Waals surface area (Å²) in [6.07, 6.45) is 0. The number of hydrogen-bond donors (Lipinski definition) is 2. The highest BCUT2D eigenvalue weighted by Crippen LogP contribution is 2.19. The number of hydrogen-bond acceptors (Lipinski definition) is 3. The zero-order valence-corrected chi connectivity index (χ0v) is 8.20. The van der Waals surface area contributed by atoms with Crippen molar-refractivity contribution in [2.24, 2.45) is 0 Å². The first-order valence-electron chi connectivity index (χ1n) is 3.04. The number of anilines is 1. The molecule has 4 nitrogen and oxygen atoms in total. The molecule has 14 heavy (non-hydrogen) atoms. The van der Waals surface area contributed by atoms with Crippen LogP contribution in [0.1, 0.15) is 0 Å². The number of nitrogens with two attached hydrogens (primary N) is 1. The Hall–Kier alpha value is -0.920.